The van der Waals surface area contributed by atoms with Crippen molar-refractivity contribution < 1.29 is 0 Å². The van der Waals surface area contributed by atoms with E-state index < -0.39 is 0 Å². The van der Waals surface area contributed by atoms with Crippen molar-refractivity contribution in [3.8, 4) is 5.69 Å². The van der Waals surface area contributed by atoms with E-state index in [4.69, 9.17) is 5.73 Å². The standard InChI is InChI=1S/C17H20BrN3/c18-15-10-20-21(16(15)12-2-3-12)14-6-4-13(5-7-14)17(11-19)8-1-9-17/h4-7,10,12H,1-3,8-9,11,19H2. The normalized spacial score (nSPS) is 20.3. The van der Waals surface area contributed by atoms with Crippen molar-refractivity contribution in [2.75, 3.05) is 6.54 Å². The average molecular weight is 346 g/mol. The average Bonchev–Trinajstić information content (AvgIpc) is 3.22. The van der Waals surface area contributed by atoms with Crippen molar-refractivity contribution in [2.45, 2.75) is 43.4 Å². The zero-order valence-electron chi connectivity index (χ0n) is 12.1. The van der Waals surface area contributed by atoms with Crippen LogP contribution in [0.25, 0.3) is 5.69 Å². The Kier molecular flexibility index (Phi) is 3.19. The summed E-state index contributed by atoms with van der Waals surface area (Å²) < 4.78 is 3.22. The van der Waals surface area contributed by atoms with E-state index in [0.717, 1.165) is 16.7 Å². The molecule has 4 rings (SSSR count). The Balaban J connectivity index is 1.68. The zero-order chi connectivity index (χ0) is 14.4. The monoisotopic (exact) mass is 345 g/mol. The van der Waals surface area contributed by atoms with Gasteiger partial charge in [0.2, 0.25) is 0 Å². The first kappa shape index (κ1) is 13.5. The molecule has 2 aliphatic rings. The molecule has 2 N–H and O–H groups in total. The van der Waals surface area contributed by atoms with Crippen LogP contribution in [-0.2, 0) is 5.41 Å². The molecule has 110 valence electrons. The summed E-state index contributed by atoms with van der Waals surface area (Å²) in [6, 6.07) is 8.87. The van der Waals surface area contributed by atoms with Crippen molar-refractivity contribution in [1.29, 1.82) is 0 Å². The molecular formula is C17H20BrN3. The van der Waals surface area contributed by atoms with Crippen LogP contribution in [0.3, 0.4) is 0 Å². The minimum Gasteiger partial charge on any atom is -0.330 e. The number of nitrogens with zero attached hydrogens (tertiary/aromatic N) is 2. The Morgan fingerprint density at radius 3 is 2.48 bits per heavy atom. The van der Waals surface area contributed by atoms with Crippen LogP contribution >= 0.6 is 15.9 Å². The summed E-state index contributed by atoms with van der Waals surface area (Å²) in [4.78, 5) is 0. The highest BCUT2D eigenvalue weighted by molar-refractivity contribution is 9.10. The quantitative estimate of drug-likeness (QED) is 0.913. The van der Waals surface area contributed by atoms with E-state index in [1.54, 1.807) is 0 Å². The number of halogens is 1. The van der Waals surface area contributed by atoms with Gasteiger partial charge in [-0.25, -0.2) is 4.68 Å². The molecule has 1 aromatic heterocycles. The van der Waals surface area contributed by atoms with E-state index >= 15 is 0 Å². The maximum atomic E-state index is 6.00. The summed E-state index contributed by atoms with van der Waals surface area (Å²) >= 11 is 3.63. The lowest BCUT2D eigenvalue weighted by atomic mass is 9.64. The van der Waals surface area contributed by atoms with Gasteiger partial charge in [0.15, 0.2) is 0 Å². The van der Waals surface area contributed by atoms with Gasteiger partial charge in [-0.1, -0.05) is 18.6 Å². The number of rotatable bonds is 4. The molecular weight excluding hydrogens is 326 g/mol. The summed E-state index contributed by atoms with van der Waals surface area (Å²) in [6.07, 6.45) is 8.22. The predicted molar refractivity (Wildman–Crippen MR) is 87.8 cm³/mol. The summed E-state index contributed by atoms with van der Waals surface area (Å²) in [7, 11) is 0. The van der Waals surface area contributed by atoms with Crippen LogP contribution in [0.5, 0.6) is 0 Å². The number of hydrogen-bond acceptors (Lipinski definition) is 2. The van der Waals surface area contributed by atoms with Crippen LogP contribution in [0, 0.1) is 0 Å². The molecule has 1 aromatic carbocycles. The Hall–Kier alpha value is -1.13. The molecule has 2 saturated carbocycles. The Labute approximate surface area is 133 Å². The van der Waals surface area contributed by atoms with E-state index in [0.29, 0.717) is 5.92 Å². The van der Waals surface area contributed by atoms with E-state index in [-0.39, 0.29) is 5.41 Å². The zero-order valence-corrected chi connectivity index (χ0v) is 13.6. The van der Waals surface area contributed by atoms with E-state index in [9.17, 15) is 0 Å². The van der Waals surface area contributed by atoms with E-state index in [2.05, 4.69) is 50.0 Å². The number of nitrogens with two attached hydrogens (primary N) is 1. The van der Waals surface area contributed by atoms with Crippen LogP contribution in [0.1, 0.15) is 49.3 Å². The fourth-order valence-electron chi connectivity index (χ4n) is 3.44. The molecule has 1 heterocycles. The SMILES string of the molecule is NCC1(c2ccc(-n3ncc(Br)c3C3CC3)cc2)CCC1. The van der Waals surface area contributed by atoms with Crippen LogP contribution in [-0.4, -0.2) is 16.3 Å². The lowest BCUT2D eigenvalue weighted by Crippen LogP contribution is -2.41. The van der Waals surface area contributed by atoms with Crippen molar-refractivity contribution in [1.82, 2.24) is 9.78 Å². The molecule has 2 aliphatic carbocycles. The fourth-order valence-corrected chi connectivity index (χ4v) is 4.02. The first-order chi connectivity index (χ1) is 10.2. The van der Waals surface area contributed by atoms with Gasteiger partial charge >= 0.3 is 0 Å². The van der Waals surface area contributed by atoms with E-state index in [1.165, 1.54) is 43.4 Å². The number of hydrogen-bond donors (Lipinski definition) is 1. The largest absolute Gasteiger partial charge is 0.330 e. The molecule has 0 saturated heterocycles. The molecule has 0 amide bonds. The lowest BCUT2D eigenvalue weighted by Gasteiger charge is -2.41. The highest BCUT2D eigenvalue weighted by Crippen LogP contribution is 2.45. The smallest absolute Gasteiger partial charge is 0.0649 e. The molecule has 21 heavy (non-hydrogen) atoms. The van der Waals surface area contributed by atoms with Crippen molar-refractivity contribution in [3.63, 3.8) is 0 Å². The third-order valence-corrected chi connectivity index (χ3v) is 5.76. The molecule has 2 aromatic rings. The van der Waals surface area contributed by atoms with E-state index in [1.807, 2.05) is 6.20 Å². The van der Waals surface area contributed by atoms with Gasteiger partial charge in [0.05, 0.1) is 22.1 Å². The topological polar surface area (TPSA) is 43.8 Å². The third kappa shape index (κ3) is 2.16. The number of aromatic nitrogens is 2. The third-order valence-electron chi connectivity index (χ3n) is 5.15. The van der Waals surface area contributed by atoms with Gasteiger partial charge in [0, 0.05) is 17.9 Å². The van der Waals surface area contributed by atoms with Crippen molar-refractivity contribution in [2.24, 2.45) is 5.73 Å². The Morgan fingerprint density at radius 2 is 1.95 bits per heavy atom. The Bertz CT molecular complexity index is 646. The molecule has 3 nitrogen and oxygen atoms in total. The maximum Gasteiger partial charge on any atom is 0.0649 e. The van der Waals surface area contributed by atoms with Crippen molar-refractivity contribution in [3.05, 3.63) is 46.2 Å². The predicted octanol–water partition coefficient (Wildman–Crippen LogP) is 3.89. The minimum absolute atomic E-state index is 0.239. The second-order valence-electron chi connectivity index (χ2n) is 6.45. The summed E-state index contributed by atoms with van der Waals surface area (Å²) in [5, 5.41) is 4.54. The van der Waals surface area contributed by atoms with Gasteiger partial charge < -0.3 is 5.73 Å². The van der Waals surface area contributed by atoms with Crippen molar-refractivity contribution >= 4 is 15.9 Å². The molecule has 4 heteroatoms. The second kappa shape index (κ2) is 4.96. The summed E-state index contributed by atoms with van der Waals surface area (Å²) in [5.41, 5.74) is 10.1. The van der Waals surface area contributed by atoms with Gasteiger partial charge in [0.25, 0.3) is 0 Å². The van der Waals surface area contributed by atoms with Gasteiger partial charge in [-0.3, -0.25) is 0 Å². The van der Waals surface area contributed by atoms with Gasteiger partial charge in [-0.2, -0.15) is 5.10 Å². The van der Waals surface area contributed by atoms with Crippen LogP contribution < -0.4 is 5.73 Å². The van der Waals surface area contributed by atoms with Crippen LogP contribution in [0.2, 0.25) is 0 Å². The first-order valence-electron chi connectivity index (χ1n) is 7.78. The molecule has 2 fully saturated rings. The molecule has 0 atom stereocenters. The molecule has 0 spiro atoms. The molecule has 0 aliphatic heterocycles. The second-order valence-corrected chi connectivity index (χ2v) is 7.30. The maximum absolute atomic E-state index is 6.00. The lowest BCUT2D eigenvalue weighted by molar-refractivity contribution is 0.253. The highest BCUT2D eigenvalue weighted by Gasteiger charge is 2.37. The summed E-state index contributed by atoms with van der Waals surface area (Å²) in [6.45, 7) is 0.757. The fraction of sp³-hybridized carbons (Fsp3) is 0.471. The van der Waals surface area contributed by atoms with Crippen LogP contribution in [0.4, 0.5) is 0 Å². The van der Waals surface area contributed by atoms with Gasteiger partial charge in [-0.15, -0.1) is 0 Å². The summed E-state index contributed by atoms with van der Waals surface area (Å²) in [5.74, 6) is 0.670. The number of benzene rings is 1. The van der Waals surface area contributed by atoms with Gasteiger partial charge in [0.1, 0.15) is 0 Å². The highest BCUT2D eigenvalue weighted by atomic mass is 79.9. The minimum atomic E-state index is 0.239. The molecule has 0 bridgehead atoms. The first-order valence-corrected chi connectivity index (χ1v) is 8.57. The molecule has 0 unspecified atom stereocenters. The molecule has 0 radical (unpaired) electrons. The Morgan fingerprint density at radius 1 is 1.24 bits per heavy atom. The van der Waals surface area contributed by atoms with Gasteiger partial charge in [-0.05, 0) is 59.3 Å². The van der Waals surface area contributed by atoms with Crippen LogP contribution in [0.15, 0.2) is 34.9 Å².